The van der Waals surface area contributed by atoms with Crippen molar-refractivity contribution >= 4 is 17.6 Å². The molecule has 0 amide bonds. The molecule has 0 unspecified atom stereocenters. The Morgan fingerprint density at radius 3 is 2.29 bits per heavy atom. The number of carbonyl (C=O) groups is 1. The molecule has 3 aromatic carbocycles. The molecule has 1 N–H and O–H groups in total. The van der Waals surface area contributed by atoms with Gasteiger partial charge in [0.25, 0.3) is 0 Å². The Hall–Kier alpha value is -3.18. The zero-order valence-electron chi connectivity index (χ0n) is 20.1. The van der Waals surface area contributed by atoms with Crippen LogP contribution in [0.3, 0.4) is 0 Å². The van der Waals surface area contributed by atoms with Crippen LogP contribution in [0.15, 0.2) is 66.7 Å². The first-order chi connectivity index (χ1) is 16.5. The summed E-state index contributed by atoms with van der Waals surface area (Å²) < 4.78 is 17.7. The van der Waals surface area contributed by atoms with Crippen LogP contribution in [0.25, 0.3) is 0 Å². The molecule has 0 fully saturated rings. The van der Waals surface area contributed by atoms with Crippen molar-refractivity contribution in [2.45, 2.75) is 46.5 Å². The molecule has 0 saturated heterocycles. The number of halogens is 1. The topological polar surface area (TPSA) is 65.0 Å². The fourth-order valence-corrected chi connectivity index (χ4v) is 3.40. The molecule has 5 nitrogen and oxygen atoms in total. The molecular formula is C28H33ClO5. The first-order valence-corrected chi connectivity index (χ1v) is 12.0. The van der Waals surface area contributed by atoms with Gasteiger partial charge in [0, 0.05) is 23.9 Å². The van der Waals surface area contributed by atoms with Gasteiger partial charge < -0.3 is 19.3 Å². The van der Waals surface area contributed by atoms with Crippen LogP contribution in [0.1, 0.15) is 44.7 Å². The van der Waals surface area contributed by atoms with E-state index in [4.69, 9.17) is 30.9 Å². The number of hydrogen-bond acceptors (Lipinski definition) is 4. The fraction of sp³-hybridized carbons (Fsp3) is 0.321. The van der Waals surface area contributed by atoms with Crippen LogP contribution >= 0.6 is 11.6 Å². The minimum Gasteiger partial charge on any atom is -0.493 e. The zero-order valence-corrected chi connectivity index (χ0v) is 20.8. The summed E-state index contributed by atoms with van der Waals surface area (Å²) in [5.41, 5.74) is 2.17. The number of aryl methyl sites for hydroxylation is 2. The molecule has 0 saturated carbocycles. The van der Waals surface area contributed by atoms with Gasteiger partial charge in [0.1, 0.15) is 11.5 Å². The van der Waals surface area contributed by atoms with Gasteiger partial charge in [-0.25, -0.2) is 0 Å². The summed E-state index contributed by atoms with van der Waals surface area (Å²) >= 11 is 6.12. The second-order valence-corrected chi connectivity index (χ2v) is 7.67. The first-order valence-electron chi connectivity index (χ1n) is 11.7. The van der Waals surface area contributed by atoms with E-state index in [9.17, 15) is 4.79 Å². The second kappa shape index (κ2) is 14.9. The number of rotatable bonds is 12. The summed E-state index contributed by atoms with van der Waals surface area (Å²) in [7, 11) is 0. The van der Waals surface area contributed by atoms with Crippen molar-refractivity contribution < 1.29 is 24.1 Å². The van der Waals surface area contributed by atoms with E-state index in [0.717, 1.165) is 23.3 Å². The summed E-state index contributed by atoms with van der Waals surface area (Å²) in [6, 6.07) is 20.6. The predicted molar refractivity (Wildman–Crippen MR) is 137 cm³/mol. The molecule has 0 bridgehead atoms. The van der Waals surface area contributed by atoms with Gasteiger partial charge >= 0.3 is 5.97 Å². The molecular weight excluding hydrogens is 452 g/mol. The van der Waals surface area contributed by atoms with Gasteiger partial charge in [0.05, 0.1) is 13.2 Å². The fourth-order valence-electron chi connectivity index (χ4n) is 3.23. The highest BCUT2D eigenvalue weighted by atomic mass is 35.5. The third kappa shape index (κ3) is 8.99. The summed E-state index contributed by atoms with van der Waals surface area (Å²) in [4.78, 5) is 10.8. The van der Waals surface area contributed by atoms with E-state index in [-0.39, 0.29) is 6.42 Å². The number of ether oxygens (including phenoxy) is 3. The highest BCUT2D eigenvalue weighted by Crippen LogP contribution is 2.34. The van der Waals surface area contributed by atoms with E-state index < -0.39 is 5.97 Å². The van der Waals surface area contributed by atoms with E-state index in [0.29, 0.717) is 48.3 Å². The minimum absolute atomic E-state index is 0.130. The number of carboxylic acids is 1. The molecule has 0 radical (unpaired) electrons. The standard InChI is InChI=1S/C26H27ClO5.C2H6/c1-2-19-17-23(12-9-20(19)10-14-26(28)29)30-15-6-16-31-24-13-11-21(27)18-25(24)32-22-7-4-3-5-8-22;1-2/h3-5,7-9,11-13,17-18H,2,6,10,14-16H2,1H3,(H,28,29);1-2H3. The molecule has 0 atom stereocenters. The van der Waals surface area contributed by atoms with Crippen LogP contribution in [0, 0.1) is 0 Å². The summed E-state index contributed by atoms with van der Waals surface area (Å²) in [6.07, 6.45) is 2.18. The van der Waals surface area contributed by atoms with Crippen molar-refractivity contribution in [3.05, 3.63) is 82.9 Å². The number of benzene rings is 3. The third-order valence-corrected chi connectivity index (χ3v) is 5.09. The van der Waals surface area contributed by atoms with Crippen LogP contribution < -0.4 is 14.2 Å². The summed E-state index contributed by atoms with van der Waals surface area (Å²) in [6.45, 7) is 7.02. The van der Waals surface area contributed by atoms with Gasteiger partial charge in [-0.2, -0.15) is 0 Å². The molecule has 3 aromatic rings. The van der Waals surface area contributed by atoms with E-state index >= 15 is 0 Å². The maximum Gasteiger partial charge on any atom is 0.303 e. The van der Waals surface area contributed by atoms with Crippen LogP contribution in [-0.2, 0) is 17.6 Å². The molecule has 0 heterocycles. The molecule has 6 heteroatoms. The molecule has 34 heavy (non-hydrogen) atoms. The maximum absolute atomic E-state index is 10.8. The maximum atomic E-state index is 10.8. The van der Waals surface area contributed by atoms with Crippen LogP contribution in [-0.4, -0.2) is 24.3 Å². The van der Waals surface area contributed by atoms with Crippen molar-refractivity contribution in [1.82, 2.24) is 0 Å². The Morgan fingerprint density at radius 1 is 0.853 bits per heavy atom. The Bertz CT molecular complexity index is 1020. The average molecular weight is 485 g/mol. The average Bonchev–Trinajstić information content (AvgIpc) is 2.85. The smallest absolute Gasteiger partial charge is 0.303 e. The monoisotopic (exact) mass is 484 g/mol. The Kier molecular flexibility index (Phi) is 11.8. The van der Waals surface area contributed by atoms with E-state index in [1.165, 1.54) is 0 Å². The van der Waals surface area contributed by atoms with Gasteiger partial charge in [0.2, 0.25) is 0 Å². The highest BCUT2D eigenvalue weighted by Gasteiger charge is 2.09. The summed E-state index contributed by atoms with van der Waals surface area (Å²) in [5.74, 6) is 1.89. The SMILES string of the molecule is CC.CCc1cc(OCCCOc2ccc(Cl)cc2Oc2ccccc2)ccc1CCC(=O)O. The second-order valence-electron chi connectivity index (χ2n) is 7.23. The Labute approximate surface area is 207 Å². The number of aliphatic carboxylic acids is 1. The van der Waals surface area contributed by atoms with Crippen molar-refractivity contribution in [1.29, 1.82) is 0 Å². The lowest BCUT2D eigenvalue weighted by Crippen LogP contribution is -2.06. The Balaban J connectivity index is 0.00000199. The van der Waals surface area contributed by atoms with Gasteiger partial charge in [0.15, 0.2) is 11.5 Å². The van der Waals surface area contributed by atoms with E-state index in [2.05, 4.69) is 6.92 Å². The quantitative estimate of drug-likeness (QED) is 0.268. The number of para-hydroxylation sites is 1. The van der Waals surface area contributed by atoms with Crippen LogP contribution in [0.4, 0.5) is 0 Å². The van der Waals surface area contributed by atoms with Crippen LogP contribution in [0.2, 0.25) is 5.02 Å². The normalized spacial score (nSPS) is 10.1. The Morgan fingerprint density at radius 2 is 1.59 bits per heavy atom. The highest BCUT2D eigenvalue weighted by molar-refractivity contribution is 6.30. The van der Waals surface area contributed by atoms with Gasteiger partial charge in [-0.15, -0.1) is 0 Å². The molecule has 0 aliphatic carbocycles. The minimum atomic E-state index is -0.787. The molecule has 0 aliphatic rings. The molecule has 0 spiro atoms. The van der Waals surface area contributed by atoms with E-state index in [1.54, 1.807) is 18.2 Å². The van der Waals surface area contributed by atoms with Gasteiger partial charge in [-0.1, -0.05) is 56.6 Å². The lowest BCUT2D eigenvalue weighted by Gasteiger charge is -2.14. The molecule has 0 aromatic heterocycles. The largest absolute Gasteiger partial charge is 0.493 e. The van der Waals surface area contributed by atoms with Crippen LogP contribution in [0.5, 0.6) is 23.0 Å². The van der Waals surface area contributed by atoms with Gasteiger partial charge in [-0.05, 0) is 60.4 Å². The third-order valence-electron chi connectivity index (χ3n) is 4.86. The zero-order chi connectivity index (χ0) is 24.8. The molecule has 3 rings (SSSR count). The van der Waals surface area contributed by atoms with Crippen molar-refractivity contribution in [2.24, 2.45) is 0 Å². The molecule has 182 valence electrons. The summed E-state index contributed by atoms with van der Waals surface area (Å²) in [5, 5.41) is 9.47. The first kappa shape index (κ1) is 27.1. The number of carboxylic acid groups (broad SMARTS) is 1. The van der Waals surface area contributed by atoms with Crippen molar-refractivity contribution in [3.8, 4) is 23.0 Å². The van der Waals surface area contributed by atoms with Crippen molar-refractivity contribution in [2.75, 3.05) is 13.2 Å². The van der Waals surface area contributed by atoms with E-state index in [1.807, 2.05) is 62.4 Å². The van der Waals surface area contributed by atoms with Gasteiger partial charge in [-0.3, -0.25) is 4.79 Å². The lowest BCUT2D eigenvalue weighted by molar-refractivity contribution is -0.136. The number of hydrogen-bond donors (Lipinski definition) is 1. The lowest BCUT2D eigenvalue weighted by atomic mass is 10.0. The molecule has 0 aliphatic heterocycles. The predicted octanol–water partition coefficient (Wildman–Crippen LogP) is 7.59. The van der Waals surface area contributed by atoms with Crippen molar-refractivity contribution in [3.63, 3.8) is 0 Å².